The Bertz CT molecular complexity index is 551. The maximum absolute atomic E-state index is 11.9. The molecule has 0 heterocycles. The van der Waals surface area contributed by atoms with Gasteiger partial charge in [-0.25, -0.2) is 4.79 Å². The molecule has 1 amide bonds. The van der Waals surface area contributed by atoms with Gasteiger partial charge in [0.25, 0.3) is 0 Å². The molecule has 0 spiro atoms. The zero-order valence-electron chi connectivity index (χ0n) is 14.1. The van der Waals surface area contributed by atoms with Gasteiger partial charge in [-0.05, 0) is 63.6 Å². The van der Waals surface area contributed by atoms with E-state index in [1.165, 1.54) is 0 Å². The van der Waals surface area contributed by atoms with Gasteiger partial charge in [0.1, 0.15) is 5.60 Å². The van der Waals surface area contributed by atoms with Crippen LogP contribution in [0.15, 0.2) is 24.3 Å². The minimum atomic E-state index is -0.529. The molecule has 0 aliphatic heterocycles. The molecule has 2 rings (SSSR count). The average molecular weight is 340 g/mol. The Morgan fingerprint density at radius 3 is 2.61 bits per heavy atom. The number of alkyl carbamates (subject to hydrolysis) is 1. The first kappa shape index (κ1) is 18.1. The van der Waals surface area contributed by atoms with E-state index < -0.39 is 11.7 Å². The Morgan fingerprint density at radius 1 is 1.39 bits per heavy atom. The molecule has 1 aromatic carbocycles. The first-order chi connectivity index (χ1) is 10.7. The molecule has 0 radical (unpaired) electrons. The number of nitrogens with one attached hydrogen (secondary N) is 1. The Kier molecular flexibility index (Phi) is 5.58. The number of ether oxygens (including phenoxy) is 1. The lowest BCUT2D eigenvalue weighted by Gasteiger charge is -2.33. The monoisotopic (exact) mass is 339 g/mol. The third-order valence-electron chi connectivity index (χ3n) is 4.19. The van der Waals surface area contributed by atoms with Crippen molar-refractivity contribution >= 4 is 17.7 Å². The molecule has 0 saturated heterocycles. The molecule has 1 saturated carbocycles. The van der Waals surface area contributed by atoms with E-state index in [4.69, 9.17) is 16.3 Å². The van der Waals surface area contributed by atoms with Gasteiger partial charge in [-0.15, -0.1) is 0 Å². The topological polar surface area (TPSA) is 58.6 Å². The fraction of sp³-hybridized carbons (Fsp3) is 0.611. The molecular formula is C18H26ClNO3. The molecule has 1 atom stereocenters. The first-order valence-corrected chi connectivity index (χ1v) is 8.44. The van der Waals surface area contributed by atoms with Crippen molar-refractivity contribution < 1.29 is 14.6 Å². The number of rotatable bonds is 6. The zero-order valence-corrected chi connectivity index (χ0v) is 14.8. The van der Waals surface area contributed by atoms with Gasteiger partial charge < -0.3 is 15.2 Å². The summed E-state index contributed by atoms with van der Waals surface area (Å²) in [7, 11) is 0. The molecule has 23 heavy (non-hydrogen) atoms. The van der Waals surface area contributed by atoms with Crippen LogP contribution in [0.5, 0.6) is 0 Å². The van der Waals surface area contributed by atoms with Crippen molar-refractivity contribution in [1.82, 2.24) is 5.32 Å². The van der Waals surface area contributed by atoms with Gasteiger partial charge in [-0.2, -0.15) is 0 Å². The van der Waals surface area contributed by atoms with Crippen LogP contribution >= 0.6 is 11.6 Å². The van der Waals surface area contributed by atoms with Crippen LogP contribution in [0.25, 0.3) is 0 Å². The highest BCUT2D eigenvalue weighted by Crippen LogP contribution is 2.47. The summed E-state index contributed by atoms with van der Waals surface area (Å²) in [6.45, 7) is 5.92. The minimum absolute atomic E-state index is 0.0278. The number of hydrogen-bond donors (Lipinski definition) is 2. The molecule has 1 aliphatic carbocycles. The smallest absolute Gasteiger partial charge is 0.407 e. The average Bonchev–Trinajstić information content (AvgIpc) is 3.26. The molecule has 1 unspecified atom stereocenters. The molecule has 4 nitrogen and oxygen atoms in total. The summed E-state index contributed by atoms with van der Waals surface area (Å²) >= 11 is 6.06. The third-order valence-corrected chi connectivity index (χ3v) is 4.42. The Hall–Kier alpha value is -1.26. The Balaban J connectivity index is 2.05. The van der Waals surface area contributed by atoms with E-state index in [9.17, 15) is 9.90 Å². The van der Waals surface area contributed by atoms with Gasteiger partial charge in [0.05, 0.1) is 6.61 Å². The van der Waals surface area contributed by atoms with Crippen molar-refractivity contribution in [3.8, 4) is 0 Å². The number of aliphatic hydroxyl groups excluding tert-OH is 1. The fourth-order valence-corrected chi connectivity index (χ4v) is 3.12. The van der Waals surface area contributed by atoms with Crippen LogP contribution < -0.4 is 5.32 Å². The second-order valence-electron chi connectivity index (χ2n) is 7.46. The highest BCUT2D eigenvalue weighted by Gasteiger charge is 2.45. The molecule has 0 bridgehead atoms. The number of hydrogen-bond acceptors (Lipinski definition) is 3. The van der Waals surface area contributed by atoms with Crippen molar-refractivity contribution in [2.45, 2.75) is 45.6 Å². The number of benzene rings is 1. The van der Waals surface area contributed by atoms with Crippen molar-refractivity contribution in [3.63, 3.8) is 0 Å². The van der Waals surface area contributed by atoms with E-state index in [1.807, 2.05) is 45.0 Å². The standard InChI is InChI=1S/C18H26ClNO3/c1-17(2,3)23-16(22)20-11-18(12-21,14-7-8-14)10-13-5-4-6-15(19)9-13/h4-6,9,14,21H,7-8,10-12H2,1-3H3,(H,20,22). The molecule has 5 heteroatoms. The molecule has 2 N–H and O–H groups in total. The molecule has 0 aromatic heterocycles. The molecule has 1 aliphatic rings. The highest BCUT2D eigenvalue weighted by atomic mass is 35.5. The highest BCUT2D eigenvalue weighted by molar-refractivity contribution is 6.30. The lowest BCUT2D eigenvalue weighted by molar-refractivity contribution is 0.0439. The predicted molar refractivity (Wildman–Crippen MR) is 91.6 cm³/mol. The summed E-state index contributed by atoms with van der Waals surface area (Å²) in [6.07, 6.45) is 2.40. The summed E-state index contributed by atoms with van der Waals surface area (Å²) in [5, 5.41) is 13.6. The number of carbonyl (C=O) groups excluding carboxylic acids is 1. The third kappa shape index (κ3) is 5.40. The van der Waals surface area contributed by atoms with Crippen molar-refractivity contribution in [2.75, 3.05) is 13.2 Å². The van der Waals surface area contributed by atoms with Crippen molar-refractivity contribution in [2.24, 2.45) is 11.3 Å². The largest absolute Gasteiger partial charge is 0.444 e. The lowest BCUT2D eigenvalue weighted by Crippen LogP contribution is -2.44. The number of aliphatic hydroxyl groups is 1. The summed E-state index contributed by atoms with van der Waals surface area (Å²) in [5.41, 5.74) is 0.185. The normalized spacial score (nSPS) is 17.4. The molecule has 1 aromatic rings. The summed E-state index contributed by atoms with van der Waals surface area (Å²) in [5.74, 6) is 0.418. The van der Waals surface area contributed by atoms with Gasteiger partial charge in [0.15, 0.2) is 0 Å². The van der Waals surface area contributed by atoms with E-state index >= 15 is 0 Å². The predicted octanol–water partition coefficient (Wildman–Crippen LogP) is 3.80. The van der Waals surface area contributed by atoms with Gasteiger partial charge in [-0.1, -0.05) is 23.7 Å². The van der Waals surface area contributed by atoms with Crippen LogP contribution in [0.2, 0.25) is 5.02 Å². The molecule has 1 fully saturated rings. The van der Waals surface area contributed by atoms with Crippen LogP contribution in [0, 0.1) is 11.3 Å². The second kappa shape index (κ2) is 7.10. The van der Waals surface area contributed by atoms with Gasteiger partial charge >= 0.3 is 6.09 Å². The summed E-state index contributed by atoms with van der Waals surface area (Å²) in [6, 6.07) is 7.67. The van der Waals surface area contributed by atoms with Crippen LogP contribution in [0.4, 0.5) is 4.79 Å². The van der Waals surface area contributed by atoms with Crippen LogP contribution in [0.1, 0.15) is 39.2 Å². The SMILES string of the molecule is CC(C)(C)OC(=O)NCC(CO)(Cc1cccc(Cl)c1)C1CC1. The van der Waals surface area contributed by atoms with Gasteiger partial charge in [0, 0.05) is 17.0 Å². The van der Waals surface area contributed by atoms with Crippen molar-refractivity contribution in [1.29, 1.82) is 0 Å². The fourth-order valence-electron chi connectivity index (χ4n) is 2.90. The van der Waals surface area contributed by atoms with Crippen LogP contribution in [-0.4, -0.2) is 30.0 Å². The number of carbonyl (C=O) groups is 1. The van der Waals surface area contributed by atoms with Crippen LogP contribution in [0.3, 0.4) is 0 Å². The molecule has 128 valence electrons. The van der Waals surface area contributed by atoms with E-state index in [-0.39, 0.29) is 12.0 Å². The van der Waals surface area contributed by atoms with Crippen molar-refractivity contribution in [3.05, 3.63) is 34.9 Å². The maximum atomic E-state index is 11.9. The Morgan fingerprint density at radius 2 is 2.09 bits per heavy atom. The molecular weight excluding hydrogens is 314 g/mol. The van der Waals surface area contributed by atoms with E-state index in [0.717, 1.165) is 18.4 Å². The van der Waals surface area contributed by atoms with E-state index in [0.29, 0.717) is 23.9 Å². The summed E-state index contributed by atoms with van der Waals surface area (Å²) < 4.78 is 5.29. The number of halogens is 1. The second-order valence-corrected chi connectivity index (χ2v) is 7.89. The van der Waals surface area contributed by atoms with Crippen LogP contribution in [-0.2, 0) is 11.2 Å². The van der Waals surface area contributed by atoms with E-state index in [1.54, 1.807) is 0 Å². The maximum Gasteiger partial charge on any atom is 0.407 e. The van der Waals surface area contributed by atoms with E-state index in [2.05, 4.69) is 5.32 Å². The lowest BCUT2D eigenvalue weighted by atomic mass is 9.77. The zero-order chi connectivity index (χ0) is 17.1. The number of amides is 1. The van der Waals surface area contributed by atoms with Gasteiger partial charge in [0.2, 0.25) is 0 Å². The first-order valence-electron chi connectivity index (χ1n) is 8.06. The Labute approximate surface area is 143 Å². The van der Waals surface area contributed by atoms with Gasteiger partial charge in [-0.3, -0.25) is 0 Å². The summed E-state index contributed by atoms with van der Waals surface area (Å²) in [4.78, 5) is 11.9. The minimum Gasteiger partial charge on any atom is -0.444 e. The quantitative estimate of drug-likeness (QED) is 0.828.